The molecule has 1 amide bonds. The van der Waals surface area contributed by atoms with E-state index in [2.05, 4.69) is 55.0 Å². The van der Waals surface area contributed by atoms with Crippen molar-refractivity contribution in [3.05, 3.63) is 101 Å². The molecule has 0 unspecified atom stereocenters. The van der Waals surface area contributed by atoms with Gasteiger partial charge in [0.2, 0.25) is 0 Å². The summed E-state index contributed by atoms with van der Waals surface area (Å²) < 4.78 is 1.92. The SMILES string of the molecule is CCCc1c(C(=O)N2CCCN(c3nc4cc(C)c(C)cc4nc3-c3ccccc3)CC2)cnn1-c1ccccc1. The van der Waals surface area contributed by atoms with Gasteiger partial charge in [-0.1, -0.05) is 61.9 Å². The Kier molecular flexibility index (Phi) is 7.51. The number of rotatable bonds is 6. The van der Waals surface area contributed by atoms with E-state index in [1.807, 2.05) is 58.1 Å². The largest absolute Gasteiger partial charge is 0.353 e. The molecule has 7 nitrogen and oxygen atoms in total. The van der Waals surface area contributed by atoms with Crippen LogP contribution >= 0.6 is 0 Å². The molecule has 0 N–H and O–H groups in total. The highest BCUT2D eigenvalue weighted by molar-refractivity contribution is 5.95. The van der Waals surface area contributed by atoms with Crippen molar-refractivity contribution in [3.63, 3.8) is 0 Å². The van der Waals surface area contributed by atoms with Crippen molar-refractivity contribution in [1.82, 2.24) is 24.6 Å². The third kappa shape index (κ3) is 5.32. The average Bonchev–Trinajstić information content (AvgIpc) is 3.26. The van der Waals surface area contributed by atoms with E-state index < -0.39 is 0 Å². The zero-order valence-corrected chi connectivity index (χ0v) is 24.0. The summed E-state index contributed by atoms with van der Waals surface area (Å²) in [6.07, 6.45) is 4.33. The molecule has 3 aromatic carbocycles. The molecule has 1 aliphatic heterocycles. The number of carbonyl (C=O) groups is 1. The first-order valence-electron chi connectivity index (χ1n) is 14.5. The maximum Gasteiger partial charge on any atom is 0.257 e. The van der Waals surface area contributed by atoms with E-state index in [4.69, 9.17) is 9.97 Å². The fourth-order valence-corrected chi connectivity index (χ4v) is 5.64. The molecule has 0 saturated carbocycles. The molecular formula is C34H36N6O. The van der Waals surface area contributed by atoms with Gasteiger partial charge in [-0.05, 0) is 62.1 Å². The fourth-order valence-electron chi connectivity index (χ4n) is 5.64. The van der Waals surface area contributed by atoms with Crippen LogP contribution in [0.3, 0.4) is 0 Å². The first-order chi connectivity index (χ1) is 20.0. The van der Waals surface area contributed by atoms with Crippen LogP contribution in [0.15, 0.2) is 79.0 Å². The van der Waals surface area contributed by atoms with Gasteiger partial charge in [-0.2, -0.15) is 5.10 Å². The predicted molar refractivity (Wildman–Crippen MR) is 165 cm³/mol. The standard InChI is InChI=1S/C34H36N6O/c1-4-12-31-28(23-35-40(31)27-15-9-6-10-16-27)34(41)39-18-11-17-38(19-20-39)33-32(26-13-7-5-8-14-26)36-29-21-24(2)25(3)22-30(29)37-33/h5-10,13-16,21-23H,4,11-12,17-20H2,1-3H3. The lowest BCUT2D eigenvalue weighted by atomic mass is 10.1. The molecule has 0 radical (unpaired) electrons. The number of hydrogen-bond donors (Lipinski definition) is 0. The molecule has 2 aromatic heterocycles. The van der Waals surface area contributed by atoms with Crippen LogP contribution < -0.4 is 4.90 Å². The summed E-state index contributed by atoms with van der Waals surface area (Å²) >= 11 is 0. The highest BCUT2D eigenvalue weighted by Crippen LogP contribution is 2.31. The van der Waals surface area contributed by atoms with Crippen LogP contribution in [0.5, 0.6) is 0 Å². The molecule has 0 spiro atoms. The Balaban J connectivity index is 1.30. The first kappa shape index (κ1) is 26.7. The number of aromatic nitrogens is 4. The van der Waals surface area contributed by atoms with Crippen molar-refractivity contribution in [2.45, 2.75) is 40.0 Å². The fraction of sp³-hybridized carbons (Fsp3) is 0.294. The van der Waals surface area contributed by atoms with Gasteiger partial charge in [-0.3, -0.25) is 4.79 Å². The average molecular weight is 545 g/mol. The monoisotopic (exact) mass is 544 g/mol. The van der Waals surface area contributed by atoms with Crippen molar-refractivity contribution >= 4 is 22.8 Å². The number of nitrogens with zero attached hydrogens (tertiary/aromatic N) is 6. The molecule has 208 valence electrons. The lowest BCUT2D eigenvalue weighted by molar-refractivity contribution is 0.0766. The summed E-state index contributed by atoms with van der Waals surface area (Å²) in [5.41, 5.74) is 8.80. The molecule has 7 heteroatoms. The van der Waals surface area contributed by atoms with Gasteiger partial charge in [0.25, 0.3) is 5.91 Å². The lowest BCUT2D eigenvalue weighted by Crippen LogP contribution is -2.36. The molecule has 5 aromatic rings. The second-order valence-corrected chi connectivity index (χ2v) is 10.8. The van der Waals surface area contributed by atoms with Crippen LogP contribution in [0, 0.1) is 13.8 Å². The Hall–Kier alpha value is -4.52. The molecule has 0 aliphatic carbocycles. The van der Waals surface area contributed by atoms with Crippen LogP contribution in [0.2, 0.25) is 0 Å². The van der Waals surface area contributed by atoms with Gasteiger partial charge < -0.3 is 9.80 Å². The summed E-state index contributed by atoms with van der Waals surface area (Å²) in [5, 5.41) is 4.63. The summed E-state index contributed by atoms with van der Waals surface area (Å²) in [4.78, 5) is 28.5. The number of hydrogen-bond acceptors (Lipinski definition) is 5. The quantitative estimate of drug-likeness (QED) is 0.247. The number of carbonyl (C=O) groups excluding carboxylic acids is 1. The molecule has 41 heavy (non-hydrogen) atoms. The van der Waals surface area contributed by atoms with Crippen LogP contribution in [0.25, 0.3) is 28.0 Å². The van der Waals surface area contributed by atoms with Gasteiger partial charge in [-0.25, -0.2) is 14.6 Å². The van der Waals surface area contributed by atoms with Gasteiger partial charge in [0.1, 0.15) is 5.69 Å². The zero-order chi connectivity index (χ0) is 28.3. The van der Waals surface area contributed by atoms with Gasteiger partial charge in [0.05, 0.1) is 34.2 Å². The minimum atomic E-state index is 0.0523. The summed E-state index contributed by atoms with van der Waals surface area (Å²) in [6.45, 7) is 9.16. The normalized spacial score (nSPS) is 13.9. The van der Waals surface area contributed by atoms with E-state index in [0.717, 1.165) is 65.3 Å². The van der Waals surface area contributed by atoms with E-state index in [-0.39, 0.29) is 5.91 Å². The summed E-state index contributed by atoms with van der Waals surface area (Å²) in [5.74, 6) is 0.932. The highest BCUT2D eigenvalue weighted by Gasteiger charge is 2.27. The molecule has 1 aliphatic rings. The Morgan fingerprint density at radius 2 is 1.51 bits per heavy atom. The number of fused-ring (bicyclic) bond motifs is 1. The minimum absolute atomic E-state index is 0.0523. The van der Waals surface area contributed by atoms with Crippen LogP contribution in [-0.4, -0.2) is 56.7 Å². The van der Waals surface area contributed by atoms with Crippen molar-refractivity contribution in [1.29, 1.82) is 0 Å². The smallest absolute Gasteiger partial charge is 0.257 e. The molecule has 3 heterocycles. The van der Waals surface area contributed by atoms with E-state index >= 15 is 0 Å². The molecule has 1 saturated heterocycles. The highest BCUT2D eigenvalue weighted by atomic mass is 16.2. The van der Waals surface area contributed by atoms with Crippen LogP contribution in [0.4, 0.5) is 5.82 Å². The van der Waals surface area contributed by atoms with Gasteiger partial charge in [-0.15, -0.1) is 0 Å². The zero-order valence-electron chi connectivity index (χ0n) is 24.0. The number of anilines is 1. The lowest BCUT2D eigenvalue weighted by Gasteiger charge is -2.25. The van der Waals surface area contributed by atoms with Gasteiger partial charge in [0.15, 0.2) is 5.82 Å². The predicted octanol–water partition coefficient (Wildman–Crippen LogP) is 6.40. The topological polar surface area (TPSA) is 67.2 Å². The maximum absolute atomic E-state index is 13.9. The molecule has 0 bridgehead atoms. The summed E-state index contributed by atoms with van der Waals surface area (Å²) in [7, 11) is 0. The number of benzene rings is 3. The minimum Gasteiger partial charge on any atom is -0.353 e. The van der Waals surface area contributed by atoms with Crippen LogP contribution in [-0.2, 0) is 6.42 Å². The van der Waals surface area contributed by atoms with E-state index in [9.17, 15) is 4.79 Å². The van der Waals surface area contributed by atoms with E-state index in [0.29, 0.717) is 25.2 Å². The number of para-hydroxylation sites is 1. The Bertz CT molecular complexity index is 1680. The molecular weight excluding hydrogens is 508 g/mol. The number of aryl methyl sites for hydroxylation is 2. The molecule has 1 fully saturated rings. The second kappa shape index (κ2) is 11.5. The molecule has 0 atom stereocenters. The summed E-state index contributed by atoms with van der Waals surface area (Å²) in [6, 6.07) is 24.6. The van der Waals surface area contributed by atoms with Crippen molar-refractivity contribution in [2.75, 3.05) is 31.1 Å². The van der Waals surface area contributed by atoms with Gasteiger partial charge in [0, 0.05) is 31.7 Å². The Morgan fingerprint density at radius 3 is 2.22 bits per heavy atom. The third-order valence-corrected chi connectivity index (χ3v) is 7.98. The van der Waals surface area contributed by atoms with E-state index in [1.54, 1.807) is 6.20 Å². The first-order valence-corrected chi connectivity index (χ1v) is 14.5. The Labute approximate surface area is 241 Å². The van der Waals surface area contributed by atoms with Crippen molar-refractivity contribution in [2.24, 2.45) is 0 Å². The molecule has 6 rings (SSSR count). The Morgan fingerprint density at radius 1 is 0.829 bits per heavy atom. The second-order valence-electron chi connectivity index (χ2n) is 10.8. The van der Waals surface area contributed by atoms with Crippen LogP contribution in [0.1, 0.15) is 46.9 Å². The third-order valence-electron chi connectivity index (χ3n) is 7.98. The van der Waals surface area contributed by atoms with E-state index in [1.165, 1.54) is 11.1 Å². The van der Waals surface area contributed by atoms with Crippen molar-refractivity contribution in [3.8, 4) is 16.9 Å². The maximum atomic E-state index is 13.9. The van der Waals surface area contributed by atoms with Gasteiger partial charge >= 0.3 is 0 Å². The van der Waals surface area contributed by atoms with Crippen molar-refractivity contribution < 1.29 is 4.79 Å². The number of amides is 1.